The van der Waals surface area contributed by atoms with Gasteiger partial charge < -0.3 is 4.74 Å². The number of rotatable bonds is 5. The van der Waals surface area contributed by atoms with Crippen LogP contribution in [0.25, 0.3) is 0 Å². The third-order valence-corrected chi connectivity index (χ3v) is 4.57. The first-order valence-corrected chi connectivity index (χ1v) is 7.94. The molecule has 20 heavy (non-hydrogen) atoms. The van der Waals surface area contributed by atoms with Crippen molar-refractivity contribution in [2.24, 2.45) is 11.8 Å². The van der Waals surface area contributed by atoms with Crippen molar-refractivity contribution in [1.29, 1.82) is 0 Å². The first kappa shape index (κ1) is 15.4. The molecule has 0 radical (unpaired) electrons. The molecule has 0 amide bonds. The molecule has 0 aromatic heterocycles. The molecule has 1 aliphatic rings. The van der Waals surface area contributed by atoms with Crippen LogP contribution in [0.5, 0.6) is 5.75 Å². The Morgan fingerprint density at radius 1 is 1.35 bits per heavy atom. The Morgan fingerprint density at radius 2 is 2.05 bits per heavy atom. The highest BCUT2D eigenvalue weighted by Crippen LogP contribution is 2.32. The van der Waals surface area contributed by atoms with Crippen molar-refractivity contribution >= 4 is 17.4 Å². The van der Waals surface area contributed by atoms with Crippen LogP contribution in [0.3, 0.4) is 0 Å². The molecular formula is C17H23ClO2. The summed E-state index contributed by atoms with van der Waals surface area (Å²) in [5.74, 6) is 1.88. The lowest BCUT2D eigenvalue weighted by molar-refractivity contribution is -0.130. The van der Waals surface area contributed by atoms with E-state index >= 15 is 0 Å². The molecule has 1 aromatic carbocycles. The highest BCUT2D eigenvalue weighted by molar-refractivity contribution is 6.30. The van der Waals surface area contributed by atoms with Crippen LogP contribution in [0.4, 0.5) is 0 Å². The Labute approximate surface area is 126 Å². The highest BCUT2D eigenvalue weighted by atomic mass is 35.5. The van der Waals surface area contributed by atoms with Gasteiger partial charge in [0.2, 0.25) is 0 Å². The minimum absolute atomic E-state index is 0.173. The molecular weight excluding hydrogens is 272 g/mol. The van der Waals surface area contributed by atoms with Gasteiger partial charge in [-0.05, 0) is 56.7 Å². The zero-order chi connectivity index (χ0) is 14.5. The molecule has 1 aromatic rings. The van der Waals surface area contributed by atoms with Crippen molar-refractivity contribution < 1.29 is 9.53 Å². The maximum atomic E-state index is 12.4. The Kier molecular flexibility index (Phi) is 5.47. The average molecular weight is 295 g/mol. The number of ether oxygens (including phenoxy) is 1. The Hall–Kier alpha value is -1.02. The van der Waals surface area contributed by atoms with Crippen LogP contribution in [0, 0.1) is 11.8 Å². The molecule has 2 rings (SSSR count). The largest absolute Gasteiger partial charge is 0.483 e. The lowest BCUT2D eigenvalue weighted by atomic mass is 9.78. The molecule has 0 spiro atoms. The second-order valence-corrected chi connectivity index (χ2v) is 6.18. The van der Waals surface area contributed by atoms with Gasteiger partial charge in [0.25, 0.3) is 0 Å². The van der Waals surface area contributed by atoms with Crippen molar-refractivity contribution in [1.82, 2.24) is 0 Å². The number of carbonyl (C=O) groups excluding carboxylic acids is 1. The van der Waals surface area contributed by atoms with Gasteiger partial charge >= 0.3 is 0 Å². The summed E-state index contributed by atoms with van der Waals surface area (Å²) >= 11 is 5.92. The molecule has 3 heteroatoms. The topological polar surface area (TPSA) is 26.3 Å². The minimum atomic E-state index is -0.392. The quantitative estimate of drug-likeness (QED) is 0.772. The maximum Gasteiger partial charge on any atom is 0.176 e. The Morgan fingerprint density at radius 3 is 2.65 bits per heavy atom. The van der Waals surface area contributed by atoms with Crippen LogP contribution in [0.15, 0.2) is 24.3 Å². The van der Waals surface area contributed by atoms with Gasteiger partial charge in [0, 0.05) is 10.9 Å². The summed E-state index contributed by atoms with van der Waals surface area (Å²) < 4.78 is 5.73. The number of hydrogen-bond acceptors (Lipinski definition) is 2. The van der Waals surface area contributed by atoms with E-state index in [1.54, 1.807) is 12.1 Å². The predicted molar refractivity (Wildman–Crippen MR) is 82.3 cm³/mol. The minimum Gasteiger partial charge on any atom is -0.483 e. The number of ketones is 1. The van der Waals surface area contributed by atoms with Crippen molar-refractivity contribution in [3.63, 3.8) is 0 Å². The molecule has 0 aliphatic heterocycles. The van der Waals surface area contributed by atoms with E-state index in [1.807, 2.05) is 19.1 Å². The monoisotopic (exact) mass is 294 g/mol. The van der Waals surface area contributed by atoms with Gasteiger partial charge in [0.1, 0.15) is 5.75 Å². The summed E-state index contributed by atoms with van der Waals surface area (Å²) in [7, 11) is 0. The zero-order valence-corrected chi connectivity index (χ0v) is 13.0. The molecule has 1 fully saturated rings. The number of halogens is 1. The summed E-state index contributed by atoms with van der Waals surface area (Å²) in [6.45, 7) is 4.08. The highest BCUT2D eigenvalue weighted by Gasteiger charge is 2.29. The lowest BCUT2D eigenvalue weighted by Crippen LogP contribution is -2.32. The maximum absolute atomic E-state index is 12.4. The molecule has 0 bridgehead atoms. The zero-order valence-electron chi connectivity index (χ0n) is 12.3. The van der Waals surface area contributed by atoms with E-state index in [-0.39, 0.29) is 11.7 Å². The third-order valence-electron chi connectivity index (χ3n) is 4.34. The van der Waals surface area contributed by atoms with Crippen molar-refractivity contribution in [3.05, 3.63) is 29.3 Å². The number of Topliss-reactive ketones (excluding diaryl/α,β-unsaturated/α-hetero) is 1. The van der Waals surface area contributed by atoms with E-state index in [2.05, 4.69) is 6.92 Å². The molecule has 0 saturated heterocycles. The molecule has 1 aliphatic carbocycles. The smallest absolute Gasteiger partial charge is 0.176 e. The third kappa shape index (κ3) is 3.99. The van der Waals surface area contributed by atoms with Crippen LogP contribution in [-0.2, 0) is 4.79 Å². The van der Waals surface area contributed by atoms with Gasteiger partial charge in [0.05, 0.1) is 0 Å². The summed E-state index contributed by atoms with van der Waals surface area (Å²) in [5, 5.41) is 0.630. The first-order valence-electron chi connectivity index (χ1n) is 7.56. The summed E-state index contributed by atoms with van der Waals surface area (Å²) in [5.41, 5.74) is 0. The normalized spacial score (nSPS) is 24.1. The number of hydrogen-bond donors (Lipinski definition) is 0. The van der Waals surface area contributed by atoms with E-state index in [4.69, 9.17) is 16.3 Å². The van der Waals surface area contributed by atoms with Gasteiger partial charge in [0.15, 0.2) is 11.9 Å². The summed E-state index contributed by atoms with van der Waals surface area (Å²) in [6, 6.07) is 7.22. The molecule has 0 N–H and O–H groups in total. The van der Waals surface area contributed by atoms with Crippen molar-refractivity contribution in [3.8, 4) is 5.75 Å². The number of benzene rings is 1. The van der Waals surface area contributed by atoms with Gasteiger partial charge in [-0.25, -0.2) is 0 Å². The fourth-order valence-corrected chi connectivity index (χ4v) is 3.17. The average Bonchev–Trinajstić information content (AvgIpc) is 2.46. The molecule has 0 heterocycles. The predicted octanol–water partition coefficient (Wildman–Crippen LogP) is 4.89. The van der Waals surface area contributed by atoms with Crippen LogP contribution >= 0.6 is 11.6 Å². The van der Waals surface area contributed by atoms with Crippen molar-refractivity contribution in [2.75, 3.05) is 0 Å². The van der Waals surface area contributed by atoms with E-state index in [0.717, 1.165) is 18.8 Å². The van der Waals surface area contributed by atoms with Gasteiger partial charge in [-0.3, -0.25) is 4.79 Å². The van der Waals surface area contributed by atoms with Crippen LogP contribution in [0.1, 0.15) is 46.0 Å². The molecule has 1 atom stereocenters. The van der Waals surface area contributed by atoms with Gasteiger partial charge in [-0.1, -0.05) is 31.0 Å². The molecule has 1 unspecified atom stereocenters. The lowest BCUT2D eigenvalue weighted by Gasteiger charge is -2.28. The van der Waals surface area contributed by atoms with Gasteiger partial charge in [-0.15, -0.1) is 0 Å². The van der Waals surface area contributed by atoms with E-state index < -0.39 is 6.10 Å². The Bertz CT molecular complexity index is 450. The fraction of sp³-hybridized carbons (Fsp3) is 0.588. The summed E-state index contributed by atoms with van der Waals surface area (Å²) in [4.78, 5) is 12.4. The standard InChI is InChI=1S/C17H23ClO2/c1-3-13-7-9-14(10-8-13)17(19)12(2)20-16-6-4-5-15(18)11-16/h4-6,11-14H,3,7-10H2,1-2H3. The summed E-state index contributed by atoms with van der Waals surface area (Å²) in [6.07, 6.45) is 5.22. The van der Waals surface area contributed by atoms with E-state index in [9.17, 15) is 4.79 Å². The van der Waals surface area contributed by atoms with Crippen molar-refractivity contribution in [2.45, 2.75) is 52.1 Å². The van der Waals surface area contributed by atoms with E-state index in [0.29, 0.717) is 10.8 Å². The first-order chi connectivity index (χ1) is 9.60. The van der Waals surface area contributed by atoms with Crippen LogP contribution in [0.2, 0.25) is 5.02 Å². The molecule has 110 valence electrons. The van der Waals surface area contributed by atoms with Gasteiger partial charge in [-0.2, -0.15) is 0 Å². The SMILES string of the molecule is CCC1CCC(C(=O)C(C)Oc2cccc(Cl)c2)CC1. The molecule has 1 saturated carbocycles. The molecule has 2 nitrogen and oxygen atoms in total. The second-order valence-electron chi connectivity index (χ2n) is 5.75. The van der Waals surface area contributed by atoms with Crippen LogP contribution in [-0.4, -0.2) is 11.9 Å². The second kappa shape index (κ2) is 7.12. The van der Waals surface area contributed by atoms with Crippen LogP contribution < -0.4 is 4.74 Å². The Balaban J connectivity index is 1.89. The van der Waals surface area contributed by atoms with E-state index in [1.165, 1.54) is 19.3 Å². The fourth-order valence-electron chi connectivity index (χ4n) is 2.99. The number of carbonyl (C=O) groups is 1.